The lowest BCUT2D eigenvalue weighted by Crippen LogP contribution is -2.63. The van der Waals surface area contributed by atoms with Gasteiger partial charge in [0.05, 0.1) is 18.6 Å². The highest BCUT2D eigenvalue weighted by molar-refractivity contribution is 7.10. The van der Waals surface area contributed by atoms with Gasteiger partial charge in [0.15, 0.2) is 0 Å². The van der Waals surface area contributed by atoms with Gasteiger partial charge in [-0.1, -0.05) is 6.07 Å². The molecule has 2 saturated heterocycles. The number of likely N-dealkylation sites (N-methyl/N-ethyl adjacent to an activating group) is 1. The van der Waals surface area contributed by atoms with Gasteiger partial charge in [-0.05, 0) is 18.5 Å². The van der Waals surface area contributed by atoms with Gasteiger partial charge in [0.2, 0.25) is 5.91 Å². The number of nitrogens with one attached hydrogen (secondary N) is 1. The lowest BCUT2D eigenvalue weighted by atomic mass is 10.0. The van der Waals surface area contributed by atoms with Gasteiger partial charge in [-0.25, -0.2) is 0 Å². The Kier molecular flexibility index (Phi) is 2.90. The van der Waals surface area contributed by atoms with Crippen molar-refractivity contribution in [1.29, 1.82) is 0 Å². The normalized spacial score (nSPS) is 30.4. The summed E-state index contributed by atoms with van der Waals surface area (Å²) in [5.74, 6) is 0.243. The predicted molar refractivity (Wildman–Crippen MR) is 68.1 cm³/mol. The Hall–Kier alpha value is -0.910. The van der Waals surface area contributed by atoms with E-state index >= 15 is 0 Å². The second kappa shape index (κ2) is 4.40. The lowest BCUT2D eigenvalue weighted by Gasteiger charge is -2.48. The molecule has 2 unspecified atom stereocenters. The molecular weight excluding hydrogens is 234 g/mol. The van der Waals surface area contributed by atoms with Gasteiger partial charge in [0.25, 0.3) is 0 Å². The van der Waals surface area contributed by atoms with E-state index in [2.05, 4.69) is 39.7 Å². The highest BCUT2D eigenvalue weighted by atomic mass is 32.1. The number of thiophene rings is 1. The minimum Gasteiger partial charge on any atom is -0.327 e. The molecule has 17 heavy (non-hydrogen) atoms. The van der Waals surface area contributed by atoms with Crippen molar-refractivity contribution in [3.05, 3.63) is 22.4 Å². The van der Waals surface area contributed by atoms with Crippen molar-refractivity contribution in [2.24, 2.45) is 0 Å². The van der Waals surface area contributed by atoms with Crippen molar-refractivity contribution >= 4 is 17.2 Å². The molecule has 3 heterocycles. The maximum absolute atomic E-state index is 12.1. The Labute approximate surface area is 105 Å². The van der Waals surface area contributed by atoms with E-state index in [1.165, 1.54) is 4.88 Å². The molecule has 0 aromatic carbocycles. The van der Waals surface area contributed by atoms with E-state index in [1.807, 2.05) is 0 Å². The van der Waals surface area contributed by atoms with Crippen LogP contribution in [-0.2, 0) is 4.79 Å². The molecule has 4 nitrogen and oxygen atoms in total. The molecule has 5 heteroatoms. The Balaban J connectivity index is 1.91. The van der Waals surface area contributed by atoms with Crippen LogP contribution in [0.3, 0.4) is 0 Å². The van der Waals surface area contributed by atoms with Crippen LogP contribution in [-0.4, -0.2) is 55.0 Å². The average molecular weight is 251 g/mol. The quantitative estimate of drug-likeness (QED) is 0.791. The minimum absolute atomic E-state index is 0.243. The smallest absolute Gasteiger partial charge is 0.237 e. The summed E-state index contributed by atoms with van der Waals surface area (Å²) in [6, 6.07) is 4.77. The monoisotopic (exact) mass is 251 g/mol. The van der Waals surface area contributed by atoms with Crippen LogP contribution in [0.25, 0.3) is 0 Å². The third-order valence-electron chi connectivity index (χ3n) is 3.55. The van der Waals surface area contributed by atoms with E-state index in [0.717, 1.165) is 19.6 Å². The standard InChI is InChI=1S/C12H17N3OS/c1-14-7-9-5-13-6-12(16)15(9)10(8-14)11-3-2-4-17-11/h2-4,9-10,13H,5-8H2,1H3. The zero-order valence-electron chi connectivity index (χ0n) is 9.93. The lowest BCUT2D eigenvalue weighted by molar-refractivity contribution is -0.142. The van der Waals surface area contributed by atoms with Gasteiger partial charge in [-0.2, -0.15) is 0 Å². The predicted octanol–water partition coefficient (Wildman–Crippen LogP) is 0.535. The number of nitrogens with zero attached hydrogens (tertiary/aromatic N) is 2. The van der Waals surface area contributed by atoms with E-state index in [0.29, 0.717) is 12.6 Å². The molecule has 1 N–H and O–H groups in total. The Morgan fingerprint density at radius 2 is 2.35 bits per heavy atom. The summed E-state index contributed by atoms with van der Waals surface area (Å²) in [5.41, 5.74) is 0. The molecule has 1 aromatic heterocycles. The summed E-state index contributed by atoms with van der Waals surface area (Å²) >= 11 is 1.75. The van der Waals surface area contributed by atoms with Gasteiger partial charge < -0.3 is 15.1 Å². The highest BCUT2D eigenvalue weighted by Crippen LogP contribution is 2.31. The fraction of sp³-hybridized carbons (Fsp3) is 0.583. The largest absolute Gasteiger partial charge is 0.327 e. The van der Waals surface area contributed by atoms with E-state index in [1.54, 1.807) is 11.3 Å². The highest BCUT2D eigenvalue weighted by Gasteiger charge is 2.39. The van der Waals surface area contributed by atoms with Crippen molar-refractivity contribution < 1.29 is 4.79 Å². The van der Waals surface area contributed by atoms with E-state index in [-0.39, 0.29) is 11.9 Å². The zero-order valence-corrected chi connectivity index (χ0v) is 10.7. The maximum Gasteiger partial charge on any atom is 0.237 e. The first-order valence-corrected chi connectivity index (χ1v) is 6.87. The number of hydrogen-bond donors (Lipinski definition) is 1. The minimum atomic E-state index is 0.243. The van der Waals surface area contributed by atoms with Crippen LogP contribution in [0, 0.1) is 0 Å². The molecule has 0 spiro atoms. The molecule has 2 fully saturated rings. The van der Waals surface area contributed by atoms with Gasteiger partial charge in [-0.15, -0.1) is 11.3 Å². The number of carbonyl (C=O) groups is 1. The van der Waals surface area contributed by atoms with Crippen LogP contribution in [0.5, 0.6) is 0 Å². The molecular formula is C12H17N3OS. The molecule has 0 aliphatic carbocycles. The first-order chi connectivity index (χ1) is 8.25. The summed E-state index contributed by atoms with van der Waals surface area (Å²) in [6.45, 7) is 3.32. The summed E-state index contributed by atoms with van der Waals surface area (Å²) in [4.78, 5) is 17.8. The SMILES string of the molecule is CN1CC2CNCC(=O)N2C(c2cccs2)C1. The summed E-state index contributed by atoms with van der Waals surface area (Å²) in [7, 11) is 2.14. The molecule has 0 radical (unpaired) electrons. The summed E-state index contributed by atoms with van der Waals surface area (Å²) < 4.78 is 0. The number of amides is 1. The zero-order chi connectivity index (χ0) is 11.8. The summed E-state index contributed by atoms with van der Waals surface area (Å²) in [5, 5.41) is 5.29. The molecule has 2 aliphatic heterocycles. The van der Waals surface area contributed by atoms with Crippen LogP contribution in [0.2, 0.25) is 0 Å². The van der Waals surface area contributed by atoms with E-state index in [4.69, 9.17) is 0 Å². The third-order valence-corrected chi connectivity index (χ3v) is 4.53. The fourth-order valence-corrected chi connectivity index (χ4v) is 3.66. The van der Waals surface area contributed by atoms with Crippen molar-refractivity contribution in [1.82, 2.24) is 15.1 Å². The molecule has 1 aromatic rings. The van der Waals surface area contributed by atoms with Crippen LogP contribution < -0.4 is 5.32 Å². The maximum atomic E-state index is 12.1. The summed E-state index contributed by atoms with van der Waals surface area (Å²) in [6.07, 6.45) is 0. The number of carbonyl (C=O) groups excluding carboxylic acids is 1. The number of fused-ring (bicyclic) bond motifs is 1. The van der Waals surface area contributed by atoms with Crippen molar-refractivity contribution in [3.8, 4) is 0 Å². The first kappa shape index (κ1) is 11.2. The molecule has 0 bridgehead atoms. The van der Waals surface area contributed by atoms with Gasteiger partial charge in [0, 0.05) is 24.5 Å². The first-order valence-electron chi connectivity index (χ1n) is 5.99. The Bertz CT molecular complexity index is 406. The van der Waals surface area contributed by atoms with Crippen molar-refractivity contribution in [2.75, 3.05) is 33.2 Å². The number of hydrogen-bond acceptors (Lipinski definition) is 4. The molecule has 92 valence electrons. The number of piperazine rings is 2. The Morgan fingerprint density at radius 1 is 1.47 bits per heavy atom. The van der Waals surface area contributed by atoms with Gasteiger partial charge in [0.1, 0.15) is 0 Å². The molecule has 0 saturated carbocycles. The number of rotatable bonds is 1. The van der Waals surface area contributed by atoms with Crippen LogP contribution >= 0.6 is 11.3 Å². The molecule has 1 amide bonds. The van der Waals surface area contributed by atoms with Crippen LogP contribution in [0.1, 0.15) is 10.9 Å². The third kappa shape index (κ3) is 1.99. The van der Waals surface area contributed by atoms with E-state index in [9.17, 15) is 4.79 Å². The second-order valence-electron chi connectivity index (χ2n) is 4.84. The van der Waals surface area contributed by atoms with Gasteiger partial charge in [-0.3, -0.25) is 4.79 Å². The van der Waals surface area contributed by atoms with Crippen LogP contribution in [0.15, 0.2) is 17.5 Å². The molecule has 2 aliphatic rings. The average Bonchev–Trinajstić information content (AvgIpc) is 2.81. The van der Waals surface area contributed by atoms with E-state index < -0.39 is 0 Å². The van der Waals surface area contributed by atoms with Crippen LogP contribution in [0.4, 0.5) is 0 Å². The molecule has 3 rings (SSSR count). The molecule has 2 atom stereocenters. The van der Waals surface area contributed by atoms with Gasteiger partial charge >= 0.3 is 0 Å². The topological polar surface area (TPSA) is 35.6 Å². The van der Waals surface area contributed by atoms with Crippen molar-refractivity contribution in [3.63, 3.8) is 0 Å². The van der Waals surface area contributed by atoms with Crippen molar-refractivity contribution in [2.45, 2.75) is 12.1 Å². The second-order valence-corrected chi connectivity index (χ2v) is 5.82. The fourth-order valence-electron chi connectivity index (χ4n) is 2.85. The Morgan fingerprint density at radius 3 is 3.12 bits per heavy atom.